The van der Waals surface area contributed by atoms with Crippen LogP contribution in [0.15, 0.2) is 12.1 Å². The Hall–Kier alpha value is -2.13. The van der Waals surface area contributed by atoms with Crippen LogP contribution in [0.5, 0.6) is 5.75 Å². The second-order valence-corrected chi connectivity index (χ2v) is 3.58. The maximum Gasteiger partial charge on any atom is 0.492 e. The molecule has 1 aliphatic heterocycles. The predicted molar refractivity (Wildman–Crippen MR) is 60.6 cm³/mol. The third-order valence-electron chi connectivity index (χ3n) is 2.49. The number of nitrogens with zero attached hydrogens (tertiary/aromatic N) is 1. The van der Waals surface area contributed by atoms with Gasteiger partial charge in [-0.05, 0) is 17.1 Å². The lowest BCUT2D eigenvalue weighted by atomic mass is 9.79. The Labute approximate surface area is 102 Å². The van der Waals surface area contributed by atoms with Crippen molar-refractivity contribution in [1.29, 1.82) is 0 Å². The Balaban J connectivity index is 2.45. The molecule has 0 bridgehead atoms. The minimum Gasteiger partial charge on any atom is -0.423 e. The van der Waals surface area contributed by atoms with Crippen molar-refractivity contribution >= 4 is 24.4 Å². The van der Waals surface area contributed by atoms with Crippen LogP contribution < -0.4 is 15.5 Å². The van der Waals surface area contributed by atoms with E-state index in [1.807, 2.05) is 0 Å². The van der Waals surface area contributed by atoms with Crippen molar-refractivity contribution in [3.8, 4) is 5.75 Å². The molecule has 0 aliphatic carbocycles. The van der Waals surface area contributed by atoms with E-state index >= 15 is 0 Å². The first-order valence-electron chi connectivity index (χ1n) is 5.03. The molecule has 1 aliphatic rings. The summed E-state index contributed by atoms with van der Waals surface area (Å²) in [5.74, 6) is -0.184. The van der Waals surface area contributed by atoms with Crippen LogP contribution in [0.4, 0.5) is 10.5 Å². The molecule has 0 saturated heterocycles. The van der Waals surface area contributed by atoms with Crippen molar-refractivity contribution in [2.24, 2.45) is 0 Å². The third-order valence-corrected chi connectivity index (χ3v) is 2.49. The molecule has 1 heterocycles. The highest BCUT2D eigenvalue weighted by Crippen LogP contribution is 2.29. The minimum absolute atomic E-state index is 0.110. The molecule has 1 amide bonds. The molecule has 0 fully saturated rings. The summed E-state index contributed by atoms with van der Waals surface area (Å²) in [5, 5.41) is 22.5. The van der Waals surface area contributed by atoms with Gasteiger partial charge in [0.15, 0.2) is 0 Å². The van der Waals surface area contributed by atoms with Crippen molar-refractivity contribution in [2.75, 3.05) is 7.05 Å². The number of carbonyl (C=O) groups excluding carboxylic acids is 1. The number of fused-ring (bicyclic) bond motifs is 1. The van der Waals surface area contributed by atoms with Gasteiger partial charge in [0.1, 0.15) is 0 Å². The molecule has 8 nitrogen and oxygen atoms in total. The summed E-state index contributed by atoms with van der Waals surface area (Å²) in [6.45, 7) is 0.110. The van der Waals surface area contributed by atoms with Gasteiger partial charge in [-0.2, -0.15) is 0 Å². The van der Waals surface area contributed by atoms with Gasteiger partial charge in [0.05, 0.1) is 11.5 Å². The average Bonchev–Trinajstić information content (AvgIpc) is 2.69. The van der Waals surface area contributed by atoms with Crippen molar-refractivity contribution < 1.29 is 24.1 Å². The number of hydrogen-bond acceptors (Lipinski definition) is 6. The SMILES string of the molecule is CNC(=O)Oc1cc2c(cc1[N+](=O)[O-])B(O)OC2. The average molecular weight is 252 g/mol. The largest absolute Gasteiger partial charge is 0.492 e. The minimum atomic E-state index is -1.19. The molecule has 0 unspecified atom stereocenters. The van der Waals surface area contributed by atoms with Gasteiger partial charge < -0.3 is 19.7 Å². The number of amides is 1. The molecule has 0 radical (unpaired) electrons. The van der Waals surface area contributed by atoms with Crippen molar-refractivity contribution in [2.45, 2.75) is 6.61 Å². The zero-order chi connectivity index (χ0) is 13.3. The summed E-state index contributed by atoms with van der Waals surface area (Å²) in [6.07, 6.45) is -0.808. The lowest BCUT2D eigenvalue weighted by Crippen LogP contribution is -2.29. The molecule has 1 aromatic carbocycles. The molecule has 2 N–H and O–H groups in total. The zero-order valence-corrected chi connectivity index (χ0v) is 9.37. The first-order chi connectivity index (χ1) is 8.52. The number of hydrogen-bond donors (Lipinski definition) is 2. The van der Waals surface area contributed by atoms with Gasteiger partial charge in [0.2, 0.25) is 5.75 Å². The fraction of sp³-hybridized carbons (Fsp3) is 0.222. The molecular formula is C9H9BN2O6. The maximum absolute atomic E-state index is 11.1. The van der Waals surface area contributed by atoms with Crippen LogP contribution in [0, 0.1) is 10.1 Å². The Kier molecular flexibility index (Phi) is 3.17. The molecule has 2 rings (SSSR count). The van der Waals surface area contributed by atoms with Gasteiger partial charge in [-0.3, -0.25) is 10.1 Å². The Bertz CT molecular complexity index is 520. The molecule has 94 valence electrons. The van der Waals surface area contributed by atoms with Gasteiger partial charge in [0, 0.05) is 13.1 Å². The fourth-order valence-corrected chi connectivity index (χ4v) is 1.62. The van der Waals surface area contributed by atoms with Crippen LogP contribution in [0.1, 0.15) is 5.56 Å². The molecule has 1 aromatic rings. The van der Waals surface area contributed by atoms with Crippen molar-refractivity contribution in [3.05, 3.63) is 27.8 Å². The number of rotatable bonds is 2. The van der Waals surface area contributed by atoms with Gasteiger partial charge in [0.25, 0.3) is 0 Å². The van der Waals surface area contributed by atoms with E-state index in [4.69, 9.17) is 9.39 Å². The van der Waals surface area contributed by atoms with Gasteiger partial charge in [-0.1, -0.05) is 0 Å². The van der Waals surface area contributed by atoms with Gasteiger partial charge in [-0.25, -0.2) is 4.79 Å². The van der Waals surface area contributed by atoms with E-state index in [9.17, 15) is 19.9 Å². The first kappa shape index (κ1) is 12.3. The summed E-state index contributed by atoms with van der Waals surface area (Å²) in [6, 6.07) is 2.46. The van der Waals surface area contributed by atoms with Gasteiger partial charge >= 0.3 is 18.9 Å². The molecule has 18 heavy (non-hydrogen) atoms. The fourth-order valence-electron chi connectivity index (χ4n) is 1.62. The van der Waals surface area contributed by atoms with E-state index in [1.165, 1.54) is 13.1 Å². The second-order valence-electron chi connectivity index (χ2n) is 3.58. The van der Waals surface area contributed by atoms with Crippen LogP contribution >= 0.6 is 0 Å². The number of carbonyl (C=O) groups is 1. The molecule has 9 heteroatoms. The molecule has 0 saturated carbocycles. The van der Waals surface area contributed by atoms with Gasteiger partial charge in [-0.15, -0.1) is 0 Å². The summed E-state index contributed by atoms with van der Waals surface area (Å²) in [4.78, 5) is 21.3. The van der Waals surface area contributed by atoms with E-state index in [0.29, 0.717) is 11.0 Å². The lowest BCUT2D eigenvalue weighted by molar-refractivity contribution is -0.385. The number of nitrogens with one attached hydrogen (secondary N) is 1. The van der Waals surface area contributed by atoms with Crippen molar-refractivity contribution in [1.82, 2.24) is 5.32 Å². The topological polar surface area (TPSA) is 111 Å². The molecule has 0 atom stereocenters. The summed E-state index contributed by atoms with van der Waals surface area (Å²) >= 11 is 0. The maximum atomic E-state index is 11.1. The first-order valence-corrected chi connectivity index (χ1v) is 5.03. The predicted octanol–water partition coefficient (Wildman–Crippen LogP) is -0.469. The Morgan fingerprint density at radius 1 is 1.67 bits per heavy atom. The van der Waals surface area contributed by atoms with Crippen LogP contribution in [-0.4, -0.2) is 30.2 Å². The third kappa shape index (κ3) is 2.13. The summed E-state index contributed by atoms with van der Waals surface area (Å²) < 4.78 is 9.71. The lowest BCUT2D eigenvalue weighted by Gasteiger charge is -2.06. The number of ether oxygens (including phenoxy) is 1. The molecule has 0 spiro atoms. The standard InChI is InChI=1S/C9H9BN2O6/c1-11-9(13)18-8-2-5-4-17-10(14)6(5)3-7(8)12(15)16/h2-3,14H,4H2,1H3,(H,11,13). The highest BCUT2D eigenvalue weighted by molar-refractivity contribution is 6.61. The number of benzene rings is 1. The number of nitro benzene ring substituents is 1. The van der Waals surface area contributed by atoms with Crippen LogP contribution in [0.3, 0.4) is 0 Å². The molecular weight excluding hydrogens is 243 g/mol. The molecule has 0 aromatic heterocycles. The van der Waals surface area contributed by atoms with Crippen molar-refractivity contribution in [3.63, 3.8) is 0 Å². The normalized spacial score (nSPS) is 13.1. The van der Waals surface area contributed by atoms with Crippen LogP contribution in [-0.2, 0) is 11.3 Å². The van der Waals surface area contributed by atoms with E-state index in [1.54, 1.807) is 0 Å². The summed E-state index contributed by atoms with van der Waals surface area (Å²) in [7, 11) is 0.154. The quantitative estimate of drug-likeness (QED) is 0.418. The van der Waals surface area contributed by atoms with E-state index < -0.39 is 23.8 Å². The smallest absolute Gasteiger partial charge is 0.423 e. The van der Waals surface area contributed by atoms with E-state index in [-0.39, 0.29) is 12.4 Å². The zero-order valence-electron chi connectivity index (χ0n) is 9.37. The highest BCUT2D eigenvalue weighted by atomic mass is 16.6. The van der Waals surface area contributed by atoms with Crippen LogP contribution in [0.2, 0.25) is 0 Å². The number of nitro groups is 1. The van der Waals surface area contributed by atoms with E-state index in [0.717, 1.165) is 6.07 Å². The second kappa shape index (κ2) is 4.63. The van der Waals surface area contributed by atoms with Crippen LogP contribution in [0.25, 0.3) is 0 Å². The highest BCUT2D eigenvalue weighted by Gasteiger charge is 2.32. The Morgan fingerprint density at radius 2 is 2.39 bits per heavy atom. The van der Waals surface area contributed by atoms with E-state index in [2.05, 4.69) is 5.32 Å². The monoisotopic (exact) mass is 252 g/mol. The summed E-state index contributed by atoms with van der Waals surface area (Å²) in [5.41, 5.74) is 0.458. The Morgan fingerprint density at radius 3 is 3.00 bits per heavy atom.